The summed E-state index contributed by atoms with van der Waals surface area (Å²) in [5.41, 5.74) is 1.56. The Morgan fingerprint density at radius 1 is 1.17 bits per heavy atom. The molecule has 1 aromatic carbocycles. The molecule has 1 atom stereocenters. The first-order chi connectivity index (χ1) is 14.4. The molecule has 1 aliphatic heterocycles. The number of nitrogens with zero attached hydrogens (tertiary/aromatic N) is 2. The summed E-state index contributed by atoms with van der Waals surface area (Å²) in [5, 5.41) is 6.43. The van der Waals surface area contributed by atoms with Gasteiger partial charge >= 0.3 is 0 Å². The Balaban J connectivity index is 1.56. The molecule has 1 saturated heterocycles. The molecule has 0 saturated carbocycles. The average Bonchev–Trinajstić information content (AvgIpc) is 3.04. The molecule has 1 aromatic heterocycles. The summed E-state index contributed by atoms with van der Waals surface area (Å²) in [7, 11) is 3.14. The van der Waals surface area contributed by atoms with Gasteiger partial charge in [-0.1, -0.05) is 0 Å². The lowest BCUT2D eigenvalue weighted by atomic mass is 9.97. The lowest BCUT2D eigenvalue weighted by molar-refractivity contribution is -0.123. The third kappa shape index (κ3) is 5.70. The minimum Gasteiger partial charge on any atom is -0.497 e. The quantitative estimate of drug-likeness (QED) is 0.699. The number of anilines is 2. The monoisotopic (exact) mass is 432 g/mol. The van der Waals surface area contributed by atoms with Crippen molar-refractivity contribution in [2.45, 2.75) is 26.7 Å². The summed E-state index contributed by atoms with van der Waals surface area (Å²) < 4.78 is 10.5. The number of hydrogen-bond acceptors (Lipinski definition) is 7. The molecule has 0 bridgehead atoms. The molecule has 162 valence electrons. The number of nitrogens with one attached hydrogen (secondary N) is 2. The Morgan fingerprint density at radius 3 is 2.47 bits per heavy atom. The molecular formula is C21H28N4O4S. The van der Waals surface area contributed by atoms with Gasteiger partial charge in [-0.25, -0.2) is 4.98 Å². The fourth-order valence-electron chi connectivity index (χ4n) is 3.43. The smallest absolute Gasteiger partial charge is 0.240 e. The minimum atomic E-state index is -0.187. The SMILES string of the molecule is COc1cc(NC(=O)C2CCCN(CC(=O)Nc3nc(C)c(C)s3)C2)cc(OC)c1. The molecule has 0 spiro atoms. The normalized spacial score (nSPS) is 16.7. The van der Waals surface area contributed by atoms with Crippen LogP contribution in [0.15, 0.2) is 18.2 Å². The second-order valence-corrected chi connectivity index (χ2v) is 8.58. The number of piperidine rings is 1. The van der Waals surface area contributed by atoms with Gasteiger partial charge in [0.15, 0.2) is 5.13 Å². The number of benzene rings is 1. The Labute approximate surface area is 180 Å². The van der Waals surface area contributed by atoms with E-state index in [0.29, 0.717) is 28.9 Å². The van der Waals surface area contributed by atoms with E-state index in [-0.39, 0.29) is 24.3 Å². The number of aromatic nitrogens is 1. The van der Waals surface area contributed by atoms with Crippen LogP contribution in [-0.4, -0.2) is 55.6 Å². The number of carbonyl (C=O) groups excluding carboxylic acids is 2. The zero-order valence-corrected chi connectivity index (χ0v) is 18.6. The Bertz CT molecular complexity index is 873. The first-order valence-corrected chi connectivity index (χ1v) is 10.7. The van der Waals surface area contributed by atoms with Gasteiger partial charge in [-0.3, -0.25) is 14.5 Å². The van der Waals surface area contributed by atoms with E-state index in [9.17, 15) is 9.59 Å². The van der Waals surface area contributed by atoms with Crippen molar-refractivity contribution in [2.24, 2.45) is 5.92 Å². The maximum Gasteiger partial charge on any atom is 0.240 e. The van der Waals surface area contributed by atoms with Crippen LogP contribution in [0.4, 0.5) is 10.8 Å². The predicted molar refractivity (Wildman–Crippen MR) is 118 cm³/mol. The molecule has 2 heterocycles. The van der Waals surface area contributed by atoms with Crippen LogP contribution in [0.1, 0.15) is 23.4 Å². The van der Waals surface area contributed by atoms with E-state index >= 15 is 0 Å². The van der Waals surface area contributed by atoms with Gasteiger partial charge in [0.2, 0.25) is 11.8 Å². The van der Waals surface area contributed by atoms with Crippen LogP contribution in [0, 0.1) is 19.8 Å². The summed E-state index contributed by atoms with van der Waals surface area (Å²) in [6.07, 6.45) is 1.65. The van der Waals surface area contributed by atoms with Crippen LogP contribution in [0.3, 0.4) is 0 Å². The largest absolute Gasteiger partial charge is 0.497 e. The van der Waals surface area contributed by atoms with Crippen molar-refractivity contribution in [3.8, 4) is 11.5 Å². The first kappa shape index (κ1) is 22.0. The number of ether oxygens (including phenoxy) is 2. The lowest BCUT2D eigenvalue weighted by Crippen LogP contribution is -2.44. The van der Waals surface area contributed by atoms with Crippen molar-refractivity contribution in [1.29, 1.82) is 0 Å². The Morgan fingerprint density at radius 2 is 1.87 bits per heavy atom. The van der Waals surface area contributed by atoms with E-state index in [2.05, 4.69) is 15.6 Å². The van der Waals surface area contributed by atoms with Crippen molar-refractivity contribution in [3.05, 3.63) is 28.8 Å². The second kappa shape index (κ2) is 9.90. The third-order valence-electron chi connectivity index (χ3n) is 5.14. The molecule has 3 rings (SSSR count). The highest BCUT2D eigenvalue weighted by Gasteiger charge is 2.27. The van der Waals surface area contributed by atoms with Gasteiger partial charge in [0.05, 0.1) is 32.4 Å². The van der Waals surface area contributed by atoms with Gasteiger partial charge in [0.1, 0.15) is 11.5 Å². The number of likely N-dealkylation sites (tertiary alicyclic amines) is 1. The predicted octanol–water partition coefficient (Wildman–Crippen LogP) is 3.07. The van der Waals surface area contributed by atoms with E-state index in [0.717, 1.165) is 30.0 Å². The summed E-state index contributed by atoms with van der Waals surface area (Å²) in [6, 6.07) is 5.26. The number of aryl methyl sites for hydroxylation is 2. The maximum atomic E-state index is 12.8. The zero-order chi connectivity index (χ0) is 21.7. The second-order valence-electron chi connectivity index (χ2n) is 7.37. The Hall–Kier alpha value is -2.65. The van der Waals surface area contributed by atoms with Crippen LogP contribution < -0.4 is 20.1 Å². The number of amides is 2. The van der Waals surface area contributed by atoms with Crippen LogP contribution >= 0.6 is 11.3 Å². The van der Waals surface area contributed by atoms with Crippen LogP contribution in [0.2, 0.25) is 0 Å². The molecule has 1 unspecified atom stereocenters. The molecule has 2 amide bonds. The average molecular weight is 433 g/mol. The molecule has 8 nitrogen and oxygen atoms in total. The molecule has 0 radical (unpaired) electrons. The van der Waals surface area contributed by atoms with Gasteiger partial charge in [-0.2, -0.15) is 0 Å². The fourth-order valence-corrected chi connectivity index (χ4v) is 4.26. The maximum absolute atomic E-state index is 12.8. The van der Waals surface area contributed by atoms with Gasteiger partial charge in [0.25, 0.3) is 0 Å². The van der Waals surface area contributed by atoms with E-state index in [1.54, 1.807) is 32.4 Å². The first-order valence-electron chi connectivity index (χ1n) is 9.88. The Kier molecular flexibility index (Phi) is 7.28. The van der Waals surface area contributed by atoms with E-state index < -0.39 is 0 Å². The molecule has 1 fully saturated rings. The van der Waals surface area contributed by atoms with Crippen molar-refractivity contribution >= 4 is 34.0 Å². The van der Waals surface area contributed by atoms with E-state index in [4.69, 9.17) is 9.47 Å². The highest BCUT2D eigenvalue weighted by atomic mass is 32.1. The van der Waals surface area contributed by atoms with Crippen LogP contribution in [0.25, 0.3) is 0 Å². The molecule has 9 heteroatoms. The third-order valence-corrected chi connectivity index (χ3v) is 6.13. The number of methoxy groups -OCH3 is 2. The van der Waals surface area contributed by atoms with Gasteiger partial charge in [0, 0.05) is 35.3 Å². The van der Waals surface area contributed by atoms with Crippen molar-refractivity contribution in [1.82, 2.24) is 9.88 Å². The summed E-state index contributed by atoms with van der Waals surface area (Å²) in [6.45, 7) is 5.48. The summed E-state index contributed by atoms with van der Waals surface area (Å²) in [4.78, 5) is 32.6. The van der Waals surface area contributed by atoms with Gasteiger partial charge in [-0.15, -0.1) is 11.3 Å². The van der Waals surface area contributed by atoms with Crippen LogP contribution in [0.5, 0.6) is 11.5 Å². The van der Waals surface area contributed by atoms with Crippen molar-refractivity contribution in [2.75, 3.05) is 44.5 Å². The molecule has 1 aliphatic rings. The van der Waals surface area contributed by atoms with E-state index in [1.165, 1.54) is 11.3 Å². The molecule has 30 heavy (non-hydrogen) atoms. The van der Waals surface area contributed by atoms with Crippen LogP contribution in [-0.2, 0) is 9.59 Å². The number of thiazole rings is 1. The summed E-state index contributed by atoms with van der Waals surface area (Å²) in [5.74, 6) is 0.857. The molecule has 2 N–H and O–H groups in total. The number of rotatable bonds is 7. The molecule has 0 aliphatic carbocycles. The number of carbonyl (C=O) groups is 2. The molecule has 2 aromatic rings. The standard InChI is InChI=1S/C21H28N4O4S/c1-13-14(2)30-21(22-13)24-19(26)12-25-7-5-6-15(11-25)20(27)23-16-8-17(28-3)10-18(9-16)29-4/h8-10,15H,5-7,11-12H2,1-4H3,(H,23,27)(H,22,24,26). The summed E-state index contributed by atoms with van der Waals surface area (Å²) >= 11 is 1.47. The fraction of sp³-hybridized carbons (Fsp3) is 0.476. The van der Waals surface area contributed by atoms with Gasteiger partial charge in [-0.05, 0) is 33.2 Å². The zero-order valence-electron chi connectivity index (χ0n) is 17.8. The minimum absolute atomic E-state index is 0.0680. The van der Waals surface area contributed by atoms with Crippen molar-refractivity contribution < 1.29 is 19.1 Å². The number of hydrogen-bond donors (Lipinski definition) is 2. The lowest BCUT2D eigenvalue weighted by Gasteiger charge is -2.31. The van der Waals surface area contributed by atoms with E-state index in [1.807, 2.05) is 18.7 Å². The topological polar surface area (TPSA) is 92.8 Å². The molecular weight excluding hydrogens is 404 g/mol. The highest BCUT2D eigenvalue weighted by molar-refractivity contribution is 7.15. The van der Waals surface area contributed by atoms with Crippen molar-refractivity contribution in [3.63, 3.8) is 0 Å². The highest BCUT2D eigenvalue weighted by Crippen LogP contribution is 2.27. The van der Waals surface area contributed by atoms with Gasteiger partial charge < -0.3 is 20.1 Å².